The van der Waals surface area contributed by atoms with Crippen molar-refractivity contribution in [2.24, 2.45) is 5.92 Å². The Bertz CT molecular complexity index is 337. The second-order valence-electron chi connectivity index (χ2n) is 4.80. The minimum atomic E-state index is -0.203. The van der Waals surface area contributed by atoms with Crippen molar-refractivity contribution in [1.29, 1.82) is 0 Å². The molecular weight excluding hydrogens is 203 g/mol. The molecule has 1 nitrogen and oxygen atoms in total. The van der Waals surface area contributed by atoms with Crippen molar-refractivity contribution < 1.29 is 9.50 Å². The van der Waals surface area contributed by atoms with E-state index in [1.165, 1.54) is 18.9 Å². The molecule has 1 aromatic rings. The molecule has 2 atom stereocenters. The summed E-state index contributed by atoms with van der Waals surface area (Å²) < 4.78 is 13.0. The van der Waals surface area contributed by atoms with Crippen LogP contribution in [0.2, 0.25) is 0 Å². The summed E-state index contributed by atoms with van der Waals surface area (Å²) in [4.78, 5) is 0. The highest BCUT2D eigenvalue weighted by Gasteiger charge is 2.21. The molecule has 2 rings (SSSR count). The van der Waals surface area contributed by atoms with Gasteiger partial charge >= 0.3 is 0 Å². The third kappa shape index (κ3) is 3.05. The second kappa shape index (κ2) is 5.44. The number of hydrogen-bond acceptors (Lipinski definition) is 1. The molecule has 0 aromatic heterocycles. The number of rotatable bonds is 2. The summed E-state index contributed by atoms with van der Waals surface area (Å²) in [6.07, 6.45) is 6.11. The van der Waals surface area contributed by atoms with Gasteiger partial charge in [-0.25, -0.2) is 4.39 Å². The Balaban J connectivity index is 2.02. The number of aliphatic hydroxyl groups excluding tert-OH is 1. The lowest BCUT2D eigenvalue weighted by molar-refractivity contribution is 0.101. The molecule has 1 N–H and O–H groups in total. The smallest absolute Gasteiger partial charge is 0.123 e. The van der Waals surface area contributed by atoms with Gasteiger partial charge in [0.2, 0.25) is 0 Å². The zero-order valence-electron chi connectivity index (χ0n) is 9.53. The molecule has 0 saturated heterocycles. The standard InChI is InChI=1S/C14H19FO/c15-13-7-4-5-11(10-13)9-12-6-2-1-3-8-14(12)16/h4-5,7,10,12,14,16H,1-3,6,8-9H2. The Labute approximate surface area is 96.3 Å². The van der Waals surface area contributed by atoms with Crippen LogP contribution < -0.4 is 0 Å². The molecule has 1 saturated carbocycles. The van der Waals surface area contributed by atoms with Gasteiger partial charge in [0.25, 0.3) is 0 Å². The minimum absolute atomic E-state index is 0.180. The molecule has 16 heavy (non-hydrogen) atoms. The third-order valence-electron chi connectivity index (χ3n) is 3.51. The fourth-order valence-corrected chi connectivity index (χ4v) is 2.57. The van der Waals surface area contributed by atoms with Crippen LogP contribution in [0, 0.1) is 11.7 Å². The molecule has 88 valence electrons. The monoisotopic (exact) mass is 222 g/mol. The van der Waals surface area contributed by atoms with Crippen molar-refractivity contribution in [3.8, 4) is 0 Å². The quantitative estimate of drug-likeness (QED) is 0.761. The lowest BCUT2D eigenvalue weighted by Gasteiger charge is -2.20. The molecule has 0 radical (unpaired) electrons. The van der Waals surface area contributed by atoms with E-state index in [0.29, 0.717) is 5.92 Å². The Morgan fingerprint density at radius 2 is 2.00 bits per heavy atom. The fraction of sp³-hybridized carbons (Fsp3) is 0.571. The Kier molecular flexibility index (Phi) is 3.94. The summed E-state index contributed by atoms with van der Waals surface area (Å²) in [5.74, 6) is 0.130. The van der Waals surface area contributed by atoms with Gasteiger partial charge in [-0.15, -0.1) is 0 Å². The van der Waals surface area contributed by atoms with Crippen LogP contribution in [0.25, 0.3) is 0 Å². The van der Waals surface area contributed by atoms with Crippen LogP contribution in [0.3, 0.4) is 0 Å². The van der Waals surface area contributed by atoms with E-state index >= 15 is 0 Å². The number of benzene rings is 1. The molecule has 0 amide bonds. The predicted octanol–water partition coefficient (Wildman–Crippen LogP) is 3.31. The van der Waals surface area contributed by atoms with Gasteiger partial charge in [0.1, 0.15) is 5.82 Å². The van der Waals surface area contributed by atoms with E-state index in [2.05, 4.69) is 0 Å². The van der Waals surface area contributed by atoms with Crippen molar-refractivity contribution in [2.45, 2.75) is 44.6 Å². The van der Waals surface area contributed by atoms with E-state index in [1.807, 2.05) is 6.07 Å². The molecule has 1 aromatic carbocycles. The summed E-state index contributed by atoms with van der Waals surface area (Å²) in [6, 6.07) is 6.74. The van der Waals surface area contributed by atoms with Crippen molar-refractivity contribution in [3.05, 3.63) is 35.6 Å². The highest BCUT2D eigenvalue weighted by molar-refractivity contribution is 5.17. The number of halogens is 1. The van der Waals surface area contributed by atoms with Gasteiger partial charge in [0.05, 0.1) is 6.10 Å². The first-order chi connectivity index (χ1) is 7.75. The van der Waals surface area contributed by atoms with E-state index in [1.54, 1.807) is 12.1 Å². The van der Waals surface area contributed by atoms with Crippen molar-refractivity contribution in [1.82, 2.24) is 0 Å². The molecule has 1 aliphatic carbocycles. The van der Waals surface area contributed by atoms with Crippen LogP contribution in [-0.2, 0) is 6.42 Å². The first-order valence-corrected chi connectivity index (χ1v) is 6.18. The topological polar surface area (TPSA) is 20.2 Å². The Morgan fingerprint density at radius 3 is 2.81 bits per heavy atom. The zero-order chi connectivity index (χ0) is 11.4. The van der Waals surface area contributed by atoms with Crippen molar-refractivity contribution >= 4 is 0 Å². The van der Waals surface area contributed by atoms with Crippen LogP contribution in [0.1, 0.15) is 37.7 Å². The fourth-order valence-electron chi connectivity index (χ4n) is 2.57. The average molecular weight is 222 g/mol. The van der Waals surface area contributed by atoms with Gasteiger partial charge in [-0.1, -0.05) is 31.4 Å². The van der Waals surface area contributed by atoms with Crippen LogP contribution >= 0.6 is 0 Å². The molecule has 0 bridgehead atoms. The molecule has 0 spiro atoms. The van der Waals surface area contributed by atoms with Crippen LogP contribution in [-0.4, -0.2) is 11.2 Å². The molecule has 1 aliphatic rings. The first-order valence-electron chi connectivity index (χ1n) is 6.18. The van der Waals surface area contributed by atoms with E-state index in [0.717, 1.165) is 31.2 Å². The maximum absolute atomic E-state index is 13.0. The van der Waals surface area contributed by atoms with Gasteiger partial charge < -0.3 is 5.11 Å². The van der Waals surface area contributed by atoms with E-state index in [9.17, 15) is 9.50 Å². The van der Waals surface area contributed by atoms with Gasteiger partial charge in [-0.05, 0) is 42.9 Å². The summed E-state index contributed by atoms with van der Waals surface area (Å²) in [5.41, 5.74) is 1.01. The van der Waals surface area contributed by atoms with Gasteiger partial charge in [0.15, 0.2) is 0 Å². The molecule has 0 aliphatic heterocycles. The third-order valence-corrected chi connectivity index (χ3v) is 3.51. The number of hydrogen-bond donors (Lipinski definition) is 1. The summed E-state index contributed by atoms with van der Waals surface area (Å²) in [5, 5.41) is 9.99. The molecule has 2 heteroatoms. The second-order valence-corrected chi connectivity index (χ2v) is 4.80. The van der Waals surface area contributed by atoms with Crippen LogP contribution in [0.15, 0.2) is 24.3 Å². The molecular formula is C14H19FO. The molecule has 1 fully saturated rings. The normalized spacial score (nSPS) is 26.4. The lowest BCUT2D eigenvalue weighted by atomic mass is 9.90. The molecule has 0 heterocycles. The maximum atomic E-state index is 13.0. The van der Waals surface area contributed by atoms with Crippen molar-refractivity contribution in [2.75, 3.05) is 0 Å². The predicted molar refractivity (Wildman–Crippen MR) is 62.7 cm³/mol. The summed E-state index contributed by atoms with van der Waals surface area (Å²) in [6.45, 7) is 0. The summed E-state index contributed by atoms with van der Waals surface area (Å²) >= 11 is 0. The Morgan fingerprint density at radius 1 is 1.19 bits per heavy atom. The highest BCUT2D eigenvalue weighted by atomic mass is 19.1. The maximum Gasteiger partial charge on any atom is 0.123 e. The van der Waals surface area contributed by atoms with Gasteiger partial charge in [0, 0.05) is 0 Å². The van der Waals surface area contributed by atoms with E-state index in [-0.39, 0.29) is 11.9 Å². The average Bonchev–Trinajstić information content (AvgIpc) is 2.45. The van der Waals surface area contributed by atoms with E-state index < -0.39 is 0 Å². The zero-order valence-corrected chi connectivity index (χ0v) is 9.53. The Hall–Kier alpha value is -0.890. The van der Waals surface area contributed by atoms with Crippen molar-refractivity contribution in [3.63, 3.8) is 0 Å². The molecule has 2 unspecified atom stereocenters. The number of aliphatic hydroxyl groups is 1. The SMILES string of the molecule is OC1CCCCCC1Cc1cccc(F)c1. The van der Waals surface area contributed by atoms with Gasteiger partial charge in [-0.3, -0.25) is 0 Å². The summed E-state index contributed by atoms with van der Waals surface area (Å²) in [7, 11) is 0. The van der Waals surface area contributed by atoms with Crippen LogP contribution in [0.4, 0.5) is 4.39 Å². The van der Waals surface area contributed by atoms with Gasteiger partial charge in [-0.2, -0.15) is 0 Å². The van der Waals surface area contributed by atoms with E-state index in [4.69, 9.17) is 0 Å². The first kappa shape index (κ1) is 11.6. The van der Waals surface area contributed by atoms with Crippen LogP contribution in [0.5, 0.6) is 0 Å². The lowest BCUT2D eigenvalue weighted by Crippen LogP contribution is -2.21. The highest BCUT2D eigenvalue weighted by Crippen LogP contribution is 2.26. The minimum Gasteiger partial charge on any atom is -0.393 e. The largest absolute Gasteiger partial charge is 0.393 e.